The standard InChI is InChI=1S/C20H21ClN2O2/c1-13-12-18(15-7-5-9-19(25-2)20(15)22-13)23-17(10-11-24)14-6-3-4-8-16(14)21/h3-9,12,17,24H,10-11H2,1-2H3,(H,22,23). The van der Waals surface area contributed by atoms with Crippen molar-refractivity contribution in [1.82, 2.24) is 4.98 Å². The van der Waals surface area contributed by atoms with E-state index in [1.54, 1.807) is 7.11 Å². The third-order valence-corrected chi connectivity index (χ3v) is 4.52. The molecular formula is C20H21ClN2O2. The van der Waals surface area contributed by atoms with Crippen molar-refractivity contribution < 1.29 is 9.84 Å². The van der Waals surface area contributed by atoms with Crippen LogP contribution in [0.4, 0.5) is 5.69 Å². The molecule has 0 fully saturated rings. The summed E-state index contributed by atoms with van der Waals surface area (Å²) < 4.78 is 5.44. The van der Waals surface area contributed by atoms with Crippen molar-refractivity contribution in [3.8, 4) is 5.75 Å². The van der Waals surface area contributed by atoms with Gasteiger partial charge in [-0.1, -0.05) is 41.9 Å². The number of hydrogen-bond acceptors (Lipinski definition) is 4. The van der Waals surface area contributed by atoms with Gasteiger partial charge < -0.3 is 15.2 Å². The lowest BCUT2D eigenvalue weighted by molar-refractivity contribution is 0.280. The van der Waals surface area contributed by atoms with Crippen molar-refractivity contribution in [2.24, 2.45) is 0 Å². The van der Waals surface area contributed by atoms with Crippen LogP contribution in [0.1, 0.15) is 23.7 Å². The molecule has 25 heavy (non-hydrogen) atoms. The summed E-state index contributed by atoms with van der Waals surface area (Å²) in [5.41, 5.74) is 3.61. The highest BCUT2D eigenvalue weighted by molar-refractivity contribution is 6.31. The van der Waals surface area contributed by atoms with Crippen molar-refractivity contribution in [2.45, 2.75) is 19.4 Å². The number of benzene rings is 2. The molecule has 1 heterocycles. The van der Waals surface area contributed by atoms with Crippen LogP contribution in [-0.2, 0) is 0 Å². The number of nitrogens with zero attached hydrogens (tertiary/aromatic N) is 1. The number of aliphatic hydroxyl groups excluding tert-OH is 1. The topological polar surface area (TPSA) is 54.4 Å². The molecule has 0 radical (unpaired) electrons. The van der Waals surface area contributed by atoms with E-state index in [0.29, 0.717) is 11.4 Å². The normalized spacial score (nSPS) is 12.2. The minimum absolute atomic E-state index is 0.0637. The van der Waals surface area contributed by atoms with Crippen LogP contribution in [0.5, 0.6) is 5.75 Å². The lowest BCUT2D eigenvalue weighted by Gasteiger charge is -2.22. The van der Waals surface area contributed by atoms with E-state index in [0.717, 1.165) is 33.6 Å². The lowest BCUT2D eigenvalue weighted by atomic mass is 10.0. The average molecular weight is 357 g/mol. The molecule has 3 aromatic rings. The van der Waals surface area contributed by atoms with Crippen molar-refractivity contribution in [2.75, 3.05) is 19.0 Å². The van der Waals surface area contributed by atoms with Gasteiger partial charge in [0.1, 0.15) is 11.3 Å². The number of para-hydroxylation sites is 1. The SMILES string of the molecule is COc1cccc2c(NC(CCO)c3ccccc3Cl)cc(C)nc12. The highest BCUT2D eigenvalue weighted by Crippen LogP contribution is 2.34. The third kappa shape index (κ3) is 3.70. The van der Waals surface area contributed by atoms with Gasteiger partial charge in [0.2, 0.25) is 0 Å². The summed E-state index contributed by atoms with van der Waals surface area (Å²) in [6.45, 7) is 2.02. The summed E-state index contributed by atoms with van der Waals surface area (Å²) in [6, 6.07) is 15.4. The second-order valence-electron chi connectivity index (χ2n) is 5.90. The van der Waals surface area contributed by atoms with E-state index in [1.807, 2.05) is 55.5 Å². The second kappa shape index (κ2) is 7.72. The summed E-state index contributed by atoms with van der Waals surface area (Å²) in [6.07, 6.45) is 0.552. The Morgan fingerprint density at radius 1 is 1.20 bits per heavy atom. The number of aliphatic hydroxyl groups is 1. The molecular weight excluding hydrogens is 336 g/mol. The van der Waals surface area contributed by atoms with Gasteiger partial charge in [-0.05, 0) is 37.1 Å². The fourth-order valence-corrected chi connectivity index (χ4v) is 3.28. The third-order valence-electron chi connectivity index (χ3n) is 4.18. The van der Waals surface area contributed by atoms with Crippen LogP contribution < -0.4 is 10.1 Å². The van der Waals surface area contributed by atoms with Crippen LogP contribution in [0.15, 0.2) is 48.5 Å². The summed E-state index contributed by atoms with van der Waals surface area (Å²) in [4.78, 5) is 4.61. The van der Waals surface area contributed by atoms with E-state index in [1.165, 1.54) is 0 Å². The zero-order valence-electron chi connectivity index (χ0n) is 14.3. The maximum absolute atomic E-state index is 9.50. The number of fused-ring (bicyclic) bond motifs is 1. The predicted octanol–water partition coefficient (Wildman–Crippen LogP) is 4.74. The number of halogens is 1. The number of hydrogen-bond donors (Lipinski definition) is 2. The van der Waals surface area contributed by atoms with Crippen LogP contribution in [0.25, 0.3) is 10.9 Å². The Morgan fingerprint density at radius 3 is 2.72 bits per heavy atom. The van der Waals surface area contributed by atoms with Crippen LogP contribution in [0.2, 0.25) is 5.02 Å². The molecule has 1 atom stereocenters. The number of aryl methyl sites for hydroxylation is 1. The Bertz CT molecular complexity index is 883. The minimum Gasteiger partial charge on any atom is -0.494 e. The molecule has 1 unspecified atom stereocenters. The predicted molar refractivity (Wildman–Crippen MR) is 103 cm³/mol. The fourth-order valence-electron chi connectivity index (χ4n) is 3.01. The molecule has 130 valence electrons. The number of anilines is 1. The summed E-state index contributed by atoms with van der Waals surface area (Å²) in [5.74, 6) is 0.737. The number of pyridine rings is 1. The van der Waals surface area contributed by atoms with Crippen LogP contribution in [-0.4, -0.2) is 23.8 Å². The molecule has 0 aliphatic carbocycles. The number of nitrogens with one attached hydrogen (secondary N) is 1. The molecule has 0 aliphatic rings. The van der Waals surface area contributed by atoms with Gasteiger partial charge in [0.15, 0.2) is 0 Å². The maximum atomic E-state index is 9.50. The first-order valence-corrected chi connectivity index (χ1v) is 8.58. The molecule has 5 heteroatoms. The lowest BCUT2D eigenvalue weighted by Crippen LogP contribution is -2.13. The Kier molecular flexibility index (Phi) is 5.41. The maximum Gasteiger partial charge on any atom is 0.145 e. The van der Waals surface area contributed by atoms with Crippen LogP contribution in [0, 0.1) is 6.92 Å². The Hall–Kier alpha value is -2.30. The molecule has 0 aliphatic heterocycles. The molecule has 2 aromatic carbocycles. The summed E-state index contributed by atoms with van der Waals surface area (Å²) >= 11 is 6.36. The first-order valence-electron chi connectivity index (χ1n) is 8.20. The van der Waals surface area contributed by atoms with E-state index >= 15 is 0 Å². The van der Waals surface area contributed by atoms with Crippen molar-refractivity contribution in [3.05, 3.63) is 64.8 Å². The molecule has 0 bridgehead atoms. The van der Waals surface area contributed by atoms with Crippen LogP contribution >= 0.6 is 11.6 Å². The van der Waals surface area contributed by atoms with Crippen molar-refractivity contribution >= 4 is 28.2 Å². The molecule has 0 saturated carbocycles. The highest BCUT2D eigenvalue weighted by Gasteiger charge is 2.16. The zero-order chi connectivity index (χ0) is 17.8. The molecule has 0 spiro atoms. The van der Waals surface area contributed by atoms with E-state index < -0.39 is 0 Å². The largest absolute Gasteiger partial charge is 0.494 e. The van der Waals surface area contributed by atoms with E-state index in [9.17, 15) is 5.11 Å². The van der Waals surface area contributed by atoms with Gasteiger partial charge in [-0.25, -0.2) is 4.98 Å². The minimum atomic E-state index is -0.102. The fraction of sp³-hybridized carbons (Fsp3) is 0.250. The van der Waals surface area contributed by atoms with Crippen molar-refractivity contribution in [1.29, 1.82) is 0 Å². The number of methoxy groups -OCH3 is 1. The van der Waals surface area contributed by atoms with E-state index in [-0.39, 0.29) is 12.6 Å². The molecule has 0 amide bonds. The Balaban J connectivity index is 2.07. The number of ether oxygens (including phenoxy) is 1. The number of aromatic nitrogens is 1. The molecule has 2 N–H and O–H groups in total. The zero-order valence-corrected chi connectivity index (χ0v) is 15.0. The Morgan fingerprint density at radius 2 is 2.00 bits per heavy atom. The molecule has 0 saturated heterocycles. The summed E-state index contributed by atoms with van der Waals surface area (Å²) in [5, 5.41) is 14.7. The first-order chi connectivity index (χ1) is 12.1. The van der Waals surface area contributed by atoms with Gasteiger partial charge >= 0.3 is 0 Å². The smallest absolute Gasteiger partial charge is 0.145 e. The molecule has 4 nitrogen and oxygen atoms in total. The van der Waals surface area contributed by atoms with Gasteiger partial charge in [0.25, 0.3) is 0 Å². The quantitative estimate of drug-likeness (QED) is 0.669. The van der Waals surface area contributed by atoms with E-state index in [2.05, 4.69) is 10.3 Å². The monoisotopic (exact) mass is 356 g/mol. The number of rotatable bonds is 6. The van der Waals surface area contributed by atoms with Gasteiger partial charge in [-0.15, -0.1) is 0 Å². The van der Waals surface area contributed by atoms with Gasteiger partial charge in [-0.2, -0.15) is 0 Å². The van der Waals surface area contributed by atoms with Gasteiger partial charge in [0, 0.05) is 28.4 Å². The Labute approximate surface area is 152 Å². The van der Waals surface area contributed by atoms with Gasteiger partial charge in [0.05, 0.1) is 13.2 Å². The van der Waals surface area contributed by atoms with E-state index in [4.69, 9.17) is 16.3 Å². The molecule has 1 aromatic heterocycles. The van der Waals surface area contributed by atoms with Crippen molar-refractivity contribution in [3.63, 3.8) is 0 Å². The van der Waals surface area contributed by atoms with Crippen LogP contribution in [0.3, 0.4) is 0 Å². The summed E-state index contributed by atoms with van der Waals surface area (Å²) in [7, 11) is 1.64. The average Bonchev–Trinajstić information content (AvgIpc) is 2.61. The molecule has 3 rings (SSSR count). The van der Waals surface area contributed by atoms with Gasteiger partial charge in [-0.3, -0.25) is 0 Å². The first kappa shape index (κ1) is 17.5. The second-order valence-corrected chi connectivity index (χ2v) is 6.31. The highest BCUT2D eigenvalue weighted by atomic mass is 35.5.